The molecule has 4 heterocycles. The summed E-state index contributed by atoms with van der Waals surface area (Å²) in [7, 11) is 0. The van der Waals surface area contributed by atoms with Crippen LogP contribution in [-0.4, -0.2) is 40.4 Å². The van der Waals surface area contributed by atoms with Gasteiger partial charge in [-0.25, -0.2) is 0 Å². The monoisotopic (exact) mass is 411 g/mol. The Hall–Kier alpha value is -2.83. The van der Waals surface area contributed by atoms with Crippen LogP contribution in [0.4, 0.5) is 0 Å². The quantitative estimate of drug-likeness (QED) is 0.758. The standard InChI is InChI=1S/C23H29N3O4/c1-16(7-8-19-4-3-11-30-19)24-21(27)9-10-22(28)25-13-17-12-18(15-25)20-5-2-6-23(29)26(20)14-17/h2-6,11,16-18H,7-10,12-15H2,1H3,(H,24,27)/t16-,17-,18-/m0/s1. The van der Waals surface area contributed by atoms with Gasteiger partial charge in [0.25, 0.3) is 5.56 Å². The third kappa shape index (κ3) is 4.66. The predicted octanol–water partition coefficient (Wildman–Crippen LogP) is 2.30. The number of carbonyl (C=O) groups excluding carboxylic acids is 2. The highest BCUT2D eigenvalue weighted by Gasteiger charge is 2.36. The number of furan rings is 1. The normalized spacial score (nSPS) is 21.0. The number of piperidine rings is 1. The lowest BCUT2D eigenvalue weighted by atomic mass is 9.83. The van der Waals surface area contributed by atoms with Crippen molar-refractivity contribution in [2.75, 3.05) is 13.1 Å². The topological polar surface area (TPSA) is 84.6 Å². The fourth-order valence-electron chi connectivity index (χ4n) is 4.71. The number of amides is 2. The number of nitrogens with one attached hydrogen (secondary N) is 1. The van der Waals surface area contributed by atoms with Crippen LogP contribution < -0.4 is 10.9 Å². The number of fused-ring (bicyclic) bond motifs is 4. The maximum atomic E-state index is 12.7. The van der Waals surface area contributed by atoms with E-state index in [4.69, 9.17) is 4.42 Å². The molecular formula is C23H29N3O4. The summed E-state index contributed by atoms with van der Waals surface area (Å²) in [5, 5.41) is 2.97. The Kier molecular flexibility index (Phi) is 6.06. The maximum absolute atomic E-state index is 12.7. The Balaban J connectivity index is 1.24. The molecular weight excluding hydrogens is 382 g/mol. The molecule has 2 amide bonds. The van der Waals surface area contributed by atoms with Gasteiger partial charge in [0.1, 0.15) is 5.76 Å². The summed E-state index contributed by atoms with van der Waals surface area (Å²) in [6.07, 6.45) is 4.65. The van der Waals surface area contributed by atoms with E-state index in [-0.39, 0.29) is 42.2 Å². The van der Waals surface area contributed by atoms with Crippen LogP contribution in [0, 0.1) is 5.92 Å². The zero-order chi connectivity index (χ0) is 21.1. The van der Waals surface area contributed by atoms with Gasteiger partial charge in [-0.05, 0) is 43.9 Å². The van der Waals surface area contributed by atoms with Crippen molar-refractivity contribution < 1.29 is 14.0 Å². The van der Waals surface area contributed by atoms with Crippen LogP contribution in [0.5, 0.6) is 0 Å². The van der Waals surface area contributed by atoms with E-state index < -0.39 is 0 Å². The van der Waals surface area contributed by atoms with Crippen LogP contribution in [0.3, 0.4) is 0 Å². The number of hydrogen-bond donors (Lipinski definition) is 1. The molecule has 0 aliphatic carbocycles. The van der Waals surface area contributed by atoms with Crippen LogP contribution in [0.2, 0.25) is 0 Å². The molecule has 7 heteroatoms. The molecule has 160 valence electrons. The molecule has 0 unspecified atom stereocenters. The summed E-state index contributed by atoms with van der Waals surface area (Å²) >= 11 is 0. The highest BCUT2D eigenvalue weighted by atomic mass is 16.3. The average molecular weight is 412 g/mol. The Morgan fingerprint density at radius 1 is 1.17 bits per heavy atom. The molecule has 7 nitrogen and oxygen atoms in total. The van der Waals surface area contributed by atoms with Gasteiger partial charge in [-0.2, -0.15) is 0 Å². The number of nitrogens with zero attached hydrogens (tertiary/aromatic N) is 2. The van der Waals surface area contributed by atoms with Gasteiger partial charge < -0.3 is 19.2 Å². The van der Waals surface area contributed by atoms with Crippen LogP contribution >= 0.6 is 0 Å². The van der Waals surface area contributed by atoms with Crippen molar-refractivity contribution in [3.63, 3.8) is 0 Å². The Morgan fingerprint density at radius 3 is 2.83 bits per heavy atom. The molecule has 2 bridgehead atoms. The molecule has 2 aliphatic rings. The van der Waals surface area contributed by atoms with E-state index in [1.54, 1.807) is 18.4 Å². The first-order chi connectivity index (χ1) is 14.5. The van der Waals surface area contributed by atoms with Crippen molar-refractivity contribution in [3.05, 3.63) is 58.4 Å². The second-order valence-corrected chi connectivity index (χ2v) is 8.58. The van der Waals surface area contributed by atoms with Crippen LogP contribution in [0.25, 0.3) is 0 Å². The largest absolute Gasteiger partial charge is 0.469 e. The van der Waals surface area contributed by atoms with E-state index in [1.807, 2.05) is 34.6 Å². The SMILES string of the molecule is C[C@@H](CCc1ccco1)NC(=O)CCC(=O)N1C[C@@H]2C[C@@H](C1)c1cccc(=O)n1C2. The van der Waals surface area contributed by atoms with Gasteiger partial charge in [-0.15, -0.1) is 0 Å². The molecule has 1 saturated heterocycles. The molecule has 0 spiro atoms. The molecule has 3 atom stereocenters. The molecule has 0 aromatic carbocycles. The van der Waals surface area contributed by atoms with Gasteiger partial charge in [0.15, 0.2) is 0 Å². The number of pyridine rings is 1. The number of rotatable bonds is 7. The van der Waals surface area contributed by atoms with E-state index in [2.05, 4.69) is 5.32 Å². The van der Waals surface area contributed by atoms with Crippen molar-refractivity contribution in [2.45, 2.75) is 57.5 Å². The number of likely N-dealkylation sites (tertiary alicyclic amines) is 1. The van der Waals surface area contributed by atoms with Gasteiger partial charge in [-0.3, -0.25) is 14.4 Å². The lowest BCUT2D eigenvalue weighted by Gasteiger charge is -2.42. The van der Waals surface area contributed by atoms with Gasteiger partial charge in [0.05, 0.1) is 6.26 Å². The molecule has 4 rings (SSSR count). The van der Waals surface area contributed by atoms with Gasteiger partial charge >= 0.3 is 0 Å². The lowest BCUT2D eigenvalue weighted by Crippen LogP contribution is -2.49. The molecule has 0 saturated carbocycles. The fraction of sp³-hybridized carbons (Fsp3) is 0.522. The fourth-order valence-corrected chi connectivity index (χ4v) is 4.71. The van der Waals surface area contributed by atoms with E-state index in [0.29, 0.717) is 25.6 Å². The lowest BCUT2D eigenvalue weighted by molar-refractivity contribution is -0.136. The third-order valence-corrected chi connectivity index (χ3v) is 6.21. The van der Waals surface area contributed by atoms with Crippen LogP contribution in [0.1, 0.15) is 50.0 Å². The molecule has 30 heavy (non-hydrogen) atoms. The molecule has 2 aromatic heterocycles. The number of carbonyl (C=O) groups is 2. The highest BCUT2D eigenvalue weighted by molar-refractivity contribution is 5.84. The first-order valence-corrected chi connectivity index (χ1v) is 10.8. The summed E-state index contributed by atoms with van der Waals surface area (Å²) in [6, 6.07) is 9.20. The minimum atomic E-state index is -0.0932. The second-order valence-electron chi connectivity index (χ2n) is 8.58. The molecule has 2 aliphatic heterocycles. The summed E-state index contributed by atoms with van der Waals surface area (Å²) < 4.78 is 7.17. The predicted molar refractivity (Wildman–Crippen MR) is 112 cm³/mol. The van der Waals surface area contributed by atoms with E-state index in [1.165, 1.54) is 0 Å². The van der Waals surface area contributed by atoms with E-state index in [0.717, 1.165) is 30.7 Å². The Bertz CT molecular complexity index is 950. The molecule has 0 radical (unpaired) electrons. The van der Waals surface area contributed by atoms with Crippen molar-refractivity contribution in [2.24, 2.45) is 5.92 Å². The Morgan fingerprint density at radius 2 is 2.03 bits per heavy atom. The van der Waals surface area contributed by atoms with Gasteiger partial charge in [-0.1, -0.05) is 6.07 Å². The van der Waals surface area contributed by atoms with E-state index in [9.17, 15) is 14.4 Å². The number of aryl methyl sites for hydroxylation is 1. The average Bonchev–Trinajstić information content (AvgIpc) is 3.25. The molecule has 1 fully saturated rings. The summed E-state index contributed by atoms with van der Waals surface area (Å²) in [5.41, 5.74) is 1.07. The summed E-state index contributed by atoms with van der Waals surface area (Å²) in [5.74, 6) is 1.34. The Labute approximate surface area is 176 Å². The van der Waals surface area contributed by atoms with Crippen molar-refractivity contribution in [1.82, 2.24) is 14.8 Å². The van der Waals surface area contributed by atoms with Crippen molar-refractivity contribution in [1.29, 1.82) is 0 Å². The highest BCUT2D eigenvalue weighted by Crippen LogP contribution is 2.35. The molecule has 1 N–H and O–H groups in total. The first-order valence-electron chi connectivity index (χ1n) is 10.8. The molecule has 2 aromatic rings. The number of aromatic nitrogens is 1. The van der Waals surface area contributed by atoms with Gasteiger partial charge in [0, 0.05) is 62.6 Å². The minimum absolute atomic E-state index is 0.0230. The van der Waals surface area contributed by atoms with Crippen LogP contribution in [-0.2, 0) is 22.6 Å². The smallest absolute Gasteiger partial charge is 0.250 e. The van der Waals surface area contributed by atoms with Crippen molar-refractivity contribution in [3.8, 4) is 0 Å². The minimum Gasteiger partial charge on any atom is -0.469 e. The number of hydrogen-bond acceptors (Lipinski definition) is 4. The second kappa shape index (κ2) is 8.90. The maximum Gasteiger partial charge on any atom is 0.250 e. The van der Waals surface area contributed by atoms with Gasteiger partial charge in [0.2, 0.25) is 11.8 Å². The van der Waals surface area contributed by atoms with E-state index >= 15 is 0 Å². The van der Waals surface area contributed by atoms with Crippen LogP contribution in [0.15, 0.2) is 45.8 Å². The zero-order valence-corrected chi connectivity index (χ0v) is 17.4. The summed E-state index contributed by atoms with van der Waals surface area (Å²) in [6.45, 7) is 3.92. The summed E-state index contributed by atoms with van der Waals surface area (Å²) in [4.78, 5) is 39.0. The van der Waals surface area contributed by atoms with Crippen molar-refractivity contribution >= 4 is 11.8 Å². The zero-order valence-electron chi connectivity index (χ0n) is 17.4. The first kappa shape index (κ1) is 20.4. The third-order valence-electron chi connectivity index (χ3n) is 6.21.